The molecule has 0 saturated carbocycles. The number of likely N-dealkylation sites (tertiary alicyclic amines) is 1. The second-order valence-corrected chi connectivity index (χ2v) is 6.28. The van der Waals surface area contributed by atoms with Crippen LogP contribution in [0.1, 0.15) is 12.8 Å². The number of hydrogen-bond donors (Lipinski definition) is 1. The molecule has 1 aromatic heterocycles. The number of nitrogens with one attached hydrogen (secondary N) is 1. The Morgan fingerprint density at radius 1 is 1.50 bits per heavy atom. The summed E-state index contributed by atoms with van der Waals surface area (Å²) in [6, 6.07) is 6.89. The Balaban J connectivity index is 2.01. The van der Waals surface area contributed by atoms with Crippen LogP contribution in [-0.4, -0.2) is 34.1 Å². The summed E-state index contributed by atoms with van der Waals surface area (Å²) < 4.78 is 4.13. The molecule has 2 heterocycles. The molecule has 0 aliphatic carbocycles. The van der Waals surface area contributed by atoms with Crippen molar-refractivity contribution < 1.29 is 0 Å². The Hall–Kier alpha value is -0.650. The van der Waals surface area contributed by atoms with Gasteiger partial charge in [0.25, 0.3) is 0 Å². The molecule has 0 amide bonds. The van der Waals surface area contributed by atoms with Crippen LogP contribution >= 0.6 is 28.1 Å². The standard InChI is InChI=1S/C13H16BrN3S/c1-16-6-2-3-10(16)8-17-12-5-4-9(14)7-11(12)15-13(17)18/h4-5,7,10H,2-3,6,8H2,1H3,(H,15,18). The SMILES string of the molecule is CN1CCCC1Cn1c(=S)[nH]c2cc(Br)ccc21. The number of likely N-dealkylation sites (N-methyl/N-ethyl adjacent to an activating group) is 1. The average molecular weight is 326 g/mol. The van der Waals surface area contributed by atoms with E-state index in [-0.39, 0.29) is 0 Å². The third-order valence-electron chi connectivity index (χ3n) is 3.80. The van der Waals surface area contributed by atoms with E-state index in [0.29, 0.717) is 6.04 Å². The van der Waals surface area contributed by atoms with E-state index in [1.807, 2.05) is 0 Å². The lowest BCUT2D eigenvalue weighted by Gasteiger charge is -2.20. The van der Waals surface area contributed by atoms with Crippen LogP contribution < -0.4 is 0 Å². The second kappa shape index (κ2) is 4.79. The predicted octanol–water partition coefficient (Wildman–Crippen LogP) is 3.56. The lowest BCUT2D eigenvalue weighted by Crippen LogP contribution is -2.29. The zero-order valence-electron chi connectivity index (χ0n) is 10.3. The van der Waals surface area contributed by atoms with Crippen molar-refractivity contribution in [3.8, 4) is 0 Å². The van der Waals surface area contributed by atoms with E-state index in [9.17, 15) is 0 Å². The molecule has 1 N–H and O–H groups in total. The maximum Gasteiger partial charge on any atom is 0.178 e. The third kappa shape index (κ3) is 2.15. The molecule has 0 bridgehead atoms. The van der Waals surface area contributed by atoms with Gasteiger partial charge in [0, 0.05) is 17.1 Å². The first-order valence-corrected chi connectivity index (χ1v) is 7.43. The molecule has 1 aromatic carbocycles. The summed E-state index contributed by atoms with van der Waals surface area (Å²) in [6.45, 7) is 2.18. The maximum atomic E-state index is 5.44. The normalized spacial score (nSPS) is 20.9. The molecule has 1 aliphatic heterocycles. The summed E-state index contributed by atoms with van der Waals surface area (Å²) in [7, 11) is 2.20. The first-order valence-electron chi connectivity index (χ1n) is 6.23. The number of aromatic nitrogens is 2. The Morgan fingerprint density at radius 3 is 3.06 bits per heavy atom. The Labute approximate surface area is 120 Å². The summed E-state index contributed by atoms with van der Waals surface area (Å²) in [5, 5.41) is 0. The van der Waals surface area contributed by atoms with E-state index < -0.39 is 0 Å². The quantitative estimate of drug-likeness (QED) is 0.854. The van der Waals surface area contributed by atoms with Gasteiger partial charge in [-0.15, -0.1) is 0 Å². The molecule has 3 nitrogen and oxygen atoms in total. The fourth-order valence-electron chi connectivity index (χ4n) is 2.74. The topological polar surface area (TPSA) is 24.0 Å². The summed E-state index contributed by atoms with van der Waals surface area (Å²) in [6.07, 6.45) is 2.56. The van der Waals surface area contributed by atoms with E-state index in [1.165, 1.54) is 24.9 Å². The van der Waals surface area contributed by atoms with Gasteiger partial charge >= 0.3 is 0 Å². The van der Waals surface area contributed by atoms with Crippen molar-refractivity contribution in [1.29, 1.82) is 0 Å². The highest BCUT2D eigenvalue weighted by Crippen LogP contribution is 2.22. The zero-order valence-corrected chi connectivity index (χ0v) is 12.7. The number of fused-ring (bicyclic) bond motifs is 1. The van der Waals surface area contributed by atoms with Gasteiger partial charge in [-0.2, -0.15) is 0 Å². The first kappa shape index (κ1) is 12.4. The van der Waals surface area contributed by atoms with Crippen LogP contribution in [0, 0.1) is 4.77 Å². The highest BCUT2D eigenvalue weighted by atomic mass is 79.9. The molecule has 0 spiro atoms. The van der Waals surface area contributed by atoms with E-state index in [0.717, 1.165) is 21.3 Å². The number of rotatable bonds is 2. The molecule has 1 atom stereocenters. The first-order chi connectivity index (χ1) is 8.65. The molecule has 1 aliphatic rings. The van der Waals surface area contributed by atoms with Crippen LogP contribution in [0.5, 0.6) is 0 Å². The summed E-state index contributed by atoms with van der Waals surface area (Å²) >= 11 is 8.94. The number of aromatic amines is 1. The van der Waals surface area contributed by atoms with Crippen LogP contribution in [0.2, 0.25) is 0 Å². The second-order valence-electron chi connectivity index (χ2n) is 4.98. The minimum atomic E-state index is 0.611. The van der Waals surface area contributed by atoms with Gasteiger partial charge < -0.3 is 14.5 Å². The number of benzene rings is 1. The lowest BCUT2D eigenvalue weighted by molar-refractivity contribution is 0.283. The molecule has 96 valence electrons. The van der Waals surface area contributed by atoms with E-state index in [1.54, 1.807) is 0 Å². The summed E-state index contributed by atoms with van der Waals surface area (Å²) in [5.74, 6) is 0. The van der Waals surface area contributed by atoms with Crippen molar-refractivity contribution in [2.75, 3.05) is 13.6 Å². The fourth-order valence-corrected chi connectivity index (χ4v) is 3.38. The number of halogens is 1. The molecule has 2 aromatic rings. The van der Waals surface area contributed by atoms with E-state index in [2.05, 4.69) is 55.6 Å². The van der Waals surface area contributed by atoms with Crippen LogP contribution in [0.15, 0.2) is 22.7 Å². The lowest BCUT2D eigenvalue weighted by atomic mass is 10.2. The molecule has 1 fully saturated rings. The van der Waals surface area contributed by atoms with Gasteiger partial charge in [-0.1, -0.05) is 15.9 Å². The highest BCUT2D eigenvalue weighted by Gasteiger charge is 2.22. The largest absolute Gasteiger partial charge is 0.331 e. The molecular formula is C13H16BrN3S. The van der Waals surface area contributed by atoms with Crippen molar-refractivity contribution >= 4 is 39.2 Å². The molecule has 1 saturated heterocycles. The average Bonchev–Trinajstić information content (AvgIpc) is 2.85. The van der Waals surface area contributed by atoms with Gasteiger partial charge in [0.05, 0.1) is 11.0 Å². The Bertz CT molecular complexity index is 631. The third-order valence-corrected chi connectivity index (χ3v) is 4.62. The van der Waals surface area contributed by atoms with Gasteiger partial charge in [0.2, 0.25) is 0 Å². The smallest absolute Gasteiger partial charge is 0.178 e. The summed E-state index contributed by atoms with van der Waals surface area (Å²) in [5.41, 5.74) is 2.30. The van der Waals surface area contributed by atoms with Crippen LogP contribution in [0.3, 0.4) is 0 Å². The van der Waals surface area contributed by atoms with Gasteiger partial charge in [-0.05, 0) is 56.9 Å². The monoisotopic (exact) mass is 325 g/mol. The van der Waals surface area contributed by atoms with Crippen LogP contribution in [-0.2, 0) is 6.54 Å². The minimum absolute atomic E-state index is 0.611. The van der Waals surface area contributed by atoms with Crippen molar-refractivity contribution in [3.05, 3.63) is 27.4 Å². The Morgan fingerprint density at radius 2 is 2.33 bits per heavy atom. The van der Waals surface area contributed by atoms with Crippen LogP contribution in [0.25, 0.3) is 11.0 Å². The zero-order chi connectivity index (χ0) is 12.7. The number of imidazole rings is 1. The fraction of sp³-hybridized carbons (Fsp3) is 0.462. The number of H-pyrrole nitrogens is 1. The molecular weight excluding hydrogens is 310 g/mol. The van der Waals surface area contributed by atoms with Crippen LogP contribution in [0.4, 0.5) is 0 Å². The predicted molar refractivity (Wildman–Crippen MR) is 80.5 cm³/mol. The highest BCUT2D eigenvalue weighted by molar-refractivity contribution is 9.10. The molecule has 1 unspecified atom stereocenters. The van der Waals surface area contributed by atoms with Crippen molar-refractivity contribution in [1.82, 2.24) is 14.5 Å². The van der Waals surface area contributed by atoms with Gasteiger partial charge in [0.15, 0.2) is 4.77 Å². The molecule has 3 rings (SSSR count). The maximum absolute atomic E-state index is 5.44. The van der Waals surface area contributed by atoms with Crippen molar-refractivity contribution in [3.63, 3.8) is 0 Å². The minimum Gasteiger partial charge on any atom is -0.331 e. The van der Waals surface area contributed by atoms with Gasteiger partial charge in [0.1, 0.15) is 0 Å². The van der Waals surface area contributed by atoms with Gasteiger partial charge in [-0.3, -0.25) is 0 Å². The van der Waals surface area contributed by atoms with E-state index in [4.69, 9.17) is 12.2 Å². The molecule has 0 radical (unpaired) electrons. The van der Waals surface area contributed by atoms with Crippen molar-refractivity contribution in [2.45, 2.75) is 25.4 Å². The molecule has 5 heteroatoms. The van der Waals surface area contributed by atoms with E-state index >= 15 is 0 Å². The number of nitrogens with zero attached hydrogens (tertiary/aromatic N) is 2. The van der Waals surface area contributed by atoms with Crippen molar-refractivity contribution in [2.24, 2.45) is 0 Å². The number of hydrogen-bond acceptors (Lipinski definition) is 2. The Kier molecular flexibility index (Phi) is 3.30. The summed E-state index contributed by atoms with van der Waals surface area (Å²) in [4.78, 5) is 5.72. The molecule has 18 heavy (non-hydrogen) atoms. The van der Waals surface area contributed by atoms with Gasteiger partial charge in [-0.25, -0.2) is 0 Å².